The summed E-state index contributed by atoms with van der Waals surface area (Å²) in [4.78, 5) is 8.33. The highest BCUT2D eigenvalue weighted by Gasteiger charge is 1.92. The lowest BCUT2D eigenvalue weighted by Crippen LogP contribution is -2.37. The molecule has 0 amide bonds. The number of rotatable bonds is 2. The van der Waals surface area contributed by atoms with Crippen LogP contribution in [-0.2, 0) is 27.2 Å². The summed E-state index contributed by atoms with van der Waals surface area (Å²) >= 11 is 0. The topological polar surface area (TPSA) is 80.8 Å². The Morgan fingerprint density at radius 2 is 1.25 bits per heavy atom. The van der Waals surface area contributed by atoms with Gasteiger partial charge in [0.2, 0.25) is 12.7 Å². The van der Waals surface area contributed by atoms with Gasteiger partial charge in [-0.2, -0.15) is 0 Å². The maximum atomic E-state index is 8.33. The number of hydrogen-bond acceptors (Lipinski definition) is 3. The van der Waals surface area contributed by atoms with E-state index in [-0.39, 0.29) is 0 Å². The summed E-state index contributed by atoms with van der Waals surface area (Å²) < 4.78 is 8.31. The average Bonchev–Trinajstić information content (AvgIpc) is 2.97. The highest BCUT2D eigenvalue weighted by atomic mass is 16.6. The maximum absolute atomic E-state index is 8.33. The van der Waals surface area contributed by atoms with Crippen molar-refractivity contribution in [3.63, 3.8) is 0 Å². The first kappa shape index (κ1) is 17.7. The van der Waals surface area contributed by atoms with Gasteiger partial charge in [-0.15, -0.1) is 0 Å². The molecule has 112 valence electrons. The van der Waals surface area contributed by atoms with Gasteiger partial charge in [0.05, 0.1) is 27.2 Å². The van der Waals surface area contributed by atoms with Crippen LogP contribution in [0.2, 0.25) is 0 Å². The van der Waals surface area contributed by atoms with E-state index >= 15 is 0 Å². The van der Waals surface area contributed by atoms with Crippen molar-refractivity contribution in [2.24, 2.45) is 14.1 Å². The van der Waals surface area contributed by atoms with Gasteiger partial charge in [0.25, 0.3) is 0 Å². The first-order valence-corrected chi connectivity index (χ1v) is 6.29. The van der Waals surface area contributed by atoms with E-state index in [2.05, 4.69) is 48.0 Å². The number of carbonyl (C=O) groups excluding carboxylic acids is 1. The highest BCUT2D eigenvalue weighted by Crippen LogP contribution is 1.79. The van der Waals surface area contributed by atoms with E-state index in [4.69, 9.17) is 15.0 Å². The molecule has 2 heterocycles. The molecule has 0 saturated heterocycles. The van der Waals surface area contributed by atoms with Gasteiger partial charge in [0, 0.05) is 0 Å². The SMILES string of the molecule is CCn1cc[n+](C)c1.CCn1cc[n+](C)c1.O=C([O-])[O-]. The van der Waals surface area contributed by atoms with Crippen molar-refractivity contribution in [1.82, 2.24) is 9.13 Å². The Kier molecular flexibility index (Phi) is 8.49. The van der Waals surface area contributed by atoms with Crippen LogP contribution in [0.25, 0.3) is 0 Å². The molecule has 0 aliphatic rings. The van der Waals surface area contributed by atoms with Crippen molar-refractivity contribution in [3.05, 3.63) is 37.4 Å². The zero-order chi connectivity index (χ0) is 15.5. The molecule has 2 aromatic heterocycles. The second-order valence-corrected chi connectivity index (χ2v) is 4.07. The standard InChI is InChI=1S/2C6H11N2.CH2O3/c2*1-3-8-5-4-7(2)6-8;2-1(3)4/h2*4-6H,3H2,1-2H3;(H2,2,3,4)/q2*+1;/p-2. The lowest BCUT2D eigenvalue weighted by atomic mass is 10.7. The normalized spacial score (nSPS) is 9.00. The predicted octanol–water partition coefficient (Wildman–Crippen LogP) is -1.78. The molecule has 7 nitrogen and oxygen atoms in total. The Hall–Kier alpha value is -2.31. The van der Waals surface area contributed by atoms with E-state index in [1.54, 1.807) is 0 Å². The van der Waals surface area contributed by atoms with Crippen molar-refractivity contribution < 1.29 is 24.1 Å². The molecular weight excluding hydrogens is 260 g/mol. The number of carbonyl (C=O) groups is 1. The highest BCUT2D eigenvalue weighted by molar-refractivity contribution is 5.47. The van der Waals surface area contributed by atoms with Crippen LogP contribution in [-0.4, -0.2) is 15.3 Å². The lowest BCUT2D eigenvalue weighted by Gasteiger charge is -1.96. The molecule has 0 unspecified atom stereocenters. The summed E-state index contributed by atoms with van der Waals surface area (Å²) in [6, 6.07) is 0. The Labute approximate surface area is 119 Å². The summed E-state index contributed by atoms with van der Waals surface area (Å²) in [5.41, 5.74) is 0. The van der Waals surface area contributed by atoms with Gasteiger partial charge in [-0.1, -0.05) is 0 Å². The summed E-state index contributed by atoms with van der Waals surface area (Å²) in [5, 5.41) is 16.7. The summed E-state index contributed by atoms with van der Waals surface area (Å²) in [6.45, 7) is 6.36. The molecule has 0 aromatic carbocycles. The van der Waals surface area contributed by atoms with Gasteiger partial charge in [-0.3, -0.25) is 0 Å². The molecule has 0 spiro atoms. The third kappa shape index (κ3) is 8.73. The molecule has 0 saturated carbocycles. The largest absolute Gasteiger partial charge is 0.652 e. The molecule has 0 radical (unpaired) electrons. The zero-order valence-electron chi connectivity index (χ0n) is 12.4. The van der Waals surface area contributed by atoms with Crippen LogP contribution in [0.5, 0.6) is 0 Å². The van der Waals surface area contributed by atoms with E-state index in [0.29, 0.717) is 0 Å². The minimum atomic E-state index is -2.33. The van der Waals surface area contributed by atoms with Gasteiger partial charge >= 0.3 is 0 Å². The fraction of sp³-hybridized carbons (Fsp3) is 0.462. The van der Waals surface area contributed by atoms with Crippen LogP contribution in [0.3, 0.4) is 0 Å². The van der Waals surface area contributed by atoms with E-state index in [9.17, 15) is 0 Å². The molecule has 0 aliphatic heterocycles. The lowest BCUT2D eigenvalue weighted by molar-refractivity contribution is -0.671. The van der Waals surface area contributed by atoms with Gasteiger partial charge in [0.15, 0.2) is 0 Å². The second-order valence-electron chi connectivity index (χ2n) is 4.07. The number of carboxylic acid groups (broad SMARTS) is 2. The molecular formula is C13H22N4O3. The fourth-order valence-electron chi connectivity index (χ4n) is 1.38. The zero-order valence-corrected chi connectivity index (χ0v) is 12.4. The first-order valence-electron chi connectivity index (χ1n) is 6.29. The molecule has 2 aromatic rings. The van der Waals surface area contributed by atoms with Crippen molar-refractivity contribution >= 4 is 6.16 Å². The van der Waals surface area contributed by atoms with Gasteiger partial charge in [-0.05, 0) is 20.0 Å². The maximum Gasteiger partial charge on any atom is 0.243 e. The number of aromatic nitrogens is 4. The smallest absolute Gasteiger partial charge is 0.243 e. The summed E-state index contributed by atoms with van der Waals surface area (Å²) in [6.07, 6.45) is 9.95. The molecule has 0 fully saturated rings. The Balaban J connectivity index is 0.000000289. The van der Waals surface area contributed by atoms with E-state index < -0.39 is 6.16 Å². The molecule has 7 heteroatoms. The third-order valence-electron chi connectivity index (χ3n) is 2.38. The molecule has 20 heavy (non-hydrogen) atoms. The number of nitrogens with zero attached hydrogens (tertiary/aromatic N) is 4. The number of aryl methyl sites for hydroxylation is 4. The molecule has 2 rings (SSSR count). The van der Waals surface area contributed by atoms with Gasteiger partial charge in [-0.25, -0.2) is 18.3 Å². The fourth-order valence-corrected chi connectivity index (χ4v) is 1.38. The van der Waals surface area contributed by atoms with Crippen molar-refractivity contribution in [2.75, 3.05) is 0 Å². The molecule has 0 aliphatic carbocycles. The Morgan fingerprint density at radius 3 is 1.35 bits per heavy atom. The first-order chi connectivity index (χ1) is 9.38. The van der Waals surface area contributed by atoms with E-state index in [1.807, 2.05) is 35.6 Å². The molecule has 0 N–H and O–H groups in total. The van der Waals surface area contributed by atoms with Crippen LogP contribution in [0.4, 0.5) is 4.79 Å². The third-order valence-corrected chi connectivity index (χ3v) is 2.38. The predicted molar refractivity (Wildman–Crippen MR) is 68.0 cm³/mol. The quantitative estimate of drug-likeness (QED) is 0.611. The Bertz CT molecular complexity index is 461. The summed E-state index contributed by atoms with van der Waals surface area (Å²) in [5.74, 6) is 0. The van der Waals surface area contributed by atoms with Crippen LogP contribution in [0, 0.1) is 0 Å². The molecule has 0 bridgehead atoms. The Morgan fingerprint density at radius 1 is 0.950 bits per heavy atom. The average molecular weight is 282 g/mol. The molecule has 0 atom stereocenters. The van der Waals surface area contributed by atoms with Gasteiger partial charge in [0.1, 0.15) is 24.8 Å². The van der Waals surface area contributed by atoms with Crippen molar-refractivity contribution in [1.29, 1.82) is 0 Å². The minimum absolute atomic E-state index is 1.06. The van der Waals surface area contributed by atoms with E-state index in [0.717, 1.165) is 13.1 Å². The number of imidazole rings is 2. The summed E-state index contributed by atoms with van der Waals surface area (Å²) in [7, 11) is 4.04. The second kappa shape index (κ2) is 9.60. The number of hydrogen-bond donors (Lipinski definition) is 0. The van der Waals surface area contributed by atoms with Crippen molar-refractivity contribution in [2.45, 2.75) is 26.9 Å². The minimum Gasteiger partial charge on any atom is -0.652 e. The monoisotopic (exact) mass is 282 g/mol. The van der Waals surface area contributed by atoms with Crippen LogP contribution < -0.4 is 19.3 Å². The van der Waals surface area contributed by atoms with Gasteiger partial charge < -0.3 is 15.0 Å². The van der Waals surface area contributed by atoms with Crippen LogP contribution in [0.15, 0.2) is 37.4 Å². The van der Waals surface area contributed by atoms with E-state index in [1.165, 1.54) is 0 Å². The van der Waals surface area contributed by atoms with Crippen LogP contribution in [0.1, 0.15) is 13.8 Å². The van der Waals surface area contributed by atoms with Crippen molar-refractivity contribution in [3.8, 4) is 0 Å². The van der Waals surface area contributed by atoms with Crippen LogP contribution >= 0.6 is 0 Å².